The summed E-state index contributed by atoms with van der Waals surface area (Å²) in [4.78, 5) is 17.4. The van der Waals surface area contributed by atoms with Crippen LogP contribution in [0.5, 0.6) is 5.75 Å². The fourth-order valence-corrected chi connectivity index (χ4v) is 3.33. The van der Waals surface area contributed by atoms with Gasteiger partial charge in [0.2, 0.25) is 0 Å². The number of piperazine rings is 1. The molecule has 0 aliphatic carbocycles. The summed E-state index contributed by atoms with van der Waals surface area (Å²) in [6, 6.07) is 16.0. The minimum Gasteiger partial charge on any atom is -0.481 e. The summed E-state index contributed by atoms with van der Waals surface area (Å²) in [5.41, 5.74) is 3.25. The standard InChI is InChI=1S/C23H31N3O2/c1-4-18-6-12-21(13-7-18)28-22(5-2)23(27)24-19-8-10-20(11-9-19)26-16-14-25(3)15-17-26/h6-13,22H,4-5,14-17H2,1-3H3,(H,24,27). The van der Waals surface area contributed by atoms with E-state index in [0.29, 0.717) is 6.42 Å². The van der Waals surface area contributed by atoms with Crippen LogP contribution in [0.4, 0.5) is 11.4 Å². The lowest BCUT2D eigenvalue weighted by Crippen LogP contribution is -2.44. The Morgan fingerprint density at radius 1 is 1.00 bits per heavy atom. The lowest BCUT2D eigenvalue weighted by Gasteiger charge is -2.34. The van der Waals surface area contributed by atoms with Gasteiger partial charge < -0.3 is 19.9 Å². The molecule has 1 heterocycles. The molecule has 0 spiro atoms. The molecule has 1 N–H and O–H groups in total. The monoisotopic (exact) mass is 381 g/mol. The van der Waals surface area contributed by atoms with E-state index in [1.165, 1.54) is 11.3 Å². The van der Waals surface area contributed by atoms with Crippen LogP contribution in [0.2, 0.25) is 0 Å². The van der Waals surface area contributed by atoms with E-state index in [1.54, 1.807) is 0 Å². The normalized spacial score (nSPS) is 15.9. The summed E-state index contributed by atoms with van der Waals surface area (Å²) in [5, 5.41) is 2.98. The molecular formula is C23H31N3O2. The van der Waals surface area contributed by atoms with Crippen LogP contribution in [0.25, 0.3) is 0 Å². The number of anilines is 2. The van der Waals surface area contributed by atoms with E-state index in [0.717, 1.165) is 44.0 Å². The van der Waals surface area contributed by atoms with Crippen molar-refractivity contribution in [3.63, 3.8) is 0 Å². The highest BCUT2D eigenvalue weighted by Gasteiger charge is 2.19. The zero-order valence-electron chi connectivity index (χ0n) is 17.1. The Bertz CT molecular complexity index is 750. The van der Waals surface area contributed by atoms with Crippen LogP contribution < -0.4 is 15.0 Å². The van der Waals surface area contributed by atoms with Crippen LogP contribution in [-0.4, -0.2) is 50.1 Å². The summed E-state index contributed by atoms with van der Waals surface area (Å²) in [5.74, 6) is 0.610. The highest BCUT2D eigenvalue weighted by atomic mass is 16.5. The molecule has 1 atom stereocenters. The second-order valence-corrected chi connectivity index (χ2v) is 7.34. The van der Waals surface area contributed by atoms with Crippen molar-refractivity contribution in [1.82, 2.24) is 4.90 Å². The van der Waals surface area contributed by atoms with Gasteiger partial charge in [-0.05, 0) is 61.9 Å². The van der Waals surface area contributed by atoms with E-state index >= 15 is 0 Å². The first-order valence-corrected chi connectivity index (χ1v) is 10.2. The van der Waals surface area contributed by atoms with Gasteiger partial charge in [0.05, 0.1) is 0 Å². The molecule has 0 aromatic heterocycles. The number of nitrogens with one attached hydrogen (secondary N) is 1. The lowest BCUT2D eigenvalue weighted by atomic mass is 10.1. The van der Waals surface area contributed by atoms with E-state index in [-0.39, 0.29) is 5.91 Å². The van der Waals surface area contributed by atoms with E-state index in [4.69, 9.17) is 4.74 Å². The summed E-state index contributed by atoms with van der Waals surface area (Å²) in [6.45, 7) is 8.30. The number of ether oxygens (including phenoxy) is 1. The Morgan fingerprint density at radius 3 is 2.21 bits per heavy atom. The molecule has 28 heavy (non-hydrogen) atoms. The molecule has 3 rings (SSSR count). The largest absolute Gasteiger partial charge is 0.481 e. The summed E-state index contributed by atoms with van der Waals surface area (Å²) < 4.78 is 5.90. The number of carbonyl (C=O) groups is 1. The van der Waals surface area contributed by atoms with Gasteiger partial charge in [-0.1, -0.05) is 26.0 Å². The first-order valence-electron chi connectivity index (χ1n) is 10.2. The number of amides is 1. The second kappa shape index (κ2) is 9.60. The Balaban J connectivity index is 1.57. The maximum absolute atomic E-state index is 12.6. The molecule has 1 saturated heterocycles. The molecular weight excluding hydrogens is 350 g/mol. The van der Waals surface area contributed by atoms with Crippen molar-refractivity contribution in [3.05, 3.63) is 54.1 Å². The third-order valence-electron chi connectivity index (χ3n) is 5.28. The van der Waals surface area contributed by atoms with Gasteiger partial charge in [-0.3, -0.25) is 4.79 Å². The smallest absolute Gasteiger partial charge is 0.265 e. The van der Waals surface area contributed by atoms with Crippen LogP contribution in [0, 0.1) is 0 Å². The minimum atomic E-state index is -0.509. The number of hydrogen-bond donors (Lipinski definition) is 1. The van der Waals surface area contributed by atoms with E-state index in [1.807, 2.05) is 43.3 Å². The van der Waals surface area contributed by atoms with E-state index in [9.17, 15) is 4.79 Å². The molecule has 1 fully saturated rings. The van der Waals surface area contributed by atoms with Crippen molar-refractivity contribution >= 4 is 17.3 Å². The van der Waals surface area contributed by atoms with Crippen molar-refractivity contribution in [2.45, 2.75) is 32.8 Å². The first kappa shape index (κ1) is 20.2. The third-order valence-corrected chi connectivity index (χ3v) is 5.28. The van der Waals surface area contributed by atoms with Crippen molar-refractivity contribution in [1.29, 1.82) is 0 Å². The Kier molecular flexibility index (Phi) is 6.93. The number of rotatable bonds is 7. The van der Waals surface area contributed by atoms with Crippen molar-refractivity contribution in [2.75, 3.05) is 43.4 Å². The van der Waals surface area contributed by atoms with Crippen molar-refractivity contribution in [2.24, 2.45) is 0 Å². The molecule has 2 aromatic carbocycles. The van der Waals surface area contributed by atoms with Crippen molar-refractivity contribution < 1.29 is 9.53 Å². The molecule has 0 saturated carbocycles. The maximum Gasteiger partial charge on any atom is 0.265 e. The number of carbonyl (C=O) groups excluding carboxylic acids is 1. The molecule has 1 amide bonds. The van der Waals surface area contributed by atoms with Crippen LogP contribution in [-0.2, 0) is 11.2 Å². The summed E-state index contributed by atoms with van der Waals surface area (Å²) >= 11 is 0. The molecule has 5 nitrogen and oxygen atoms in total. The predicted octanol–water partition coefficient (Wildman–Crippen LogP) is 3.80. The Morgan fingerprint density at radius 2 is 1.64 bits per heavy atom. The van der Waals surface area contributed by atoms with E-state index in [2.05, 4.69) is 41.2 Å². The van der Waals surface area contributed by atoms with Crippen LogP contribution in [0.15, 0.2) is 48.5 Å². The molecule has 1 aliphatic rings. The highest BCUT2D eigenvalue weighted by Crippen LogP contribution is 2.20. The number of benzene rings is 2. The van der Waals surface area contributed by atoms with Gasteiger partial charge in [-0.25, -0.2) is 0 Å². The average molecular weight is 382 g/mol. The van der Waals surface area contributed by atoms with Gasteiger partial charge in [-0.15, -0.1) is 0 Å². The summed E-state index contributed by atoms with van der Waals surface area (Å²) in [7, 11) is 2.15. The molecule has 0 bridgehead atoms. The number of nitrogens with zero attached hydrogens (tertiary/aromatic N) is 2. The van der Waals surface area contributed by atoms with Crippen LogP contribution >= 0.6 is 0 Å². The lowest BCUT2D eigenvalue weighted by molar-refractivity contribution is -0.122. The molecule has 1 unspecified atom stereocenters. The zero-order chi connectivity index (χ0) is 19.9. The number of hydrogen-bond acceptors (Lipinski definition) is 4. The zero-order valence-corrected chi connectivity index (χ0v) is 17.1. The fourth-order valence-electron chi connectivity index (χ4n) is 3.33. The number of aryl methyl sites for hydroxylation is 1. The van der Waals surface area contributed by atoms with Gasteiger partial charge in [0, 0.05) is 37.6 Å². The third kappa shape index (κ3) is 5.26. The summed E-state index contributed by atoms with van der Waals surface area (Å²) in [6.07, 6.45) is 1.09. The molecule has 150 valence electrons. The molecule has 2 aromatic rings. The number of likely N-dealkylation sites (N-methyl/N-ethyl adjacent to an activating group) is 1. The average Bonchev–Trinajstić information content (AvgIpc) is 2.73. The van der Waals surface area contributed by atoms with Gasteiger partial charge in [0.1, 0.15) is 5.75 Å². The van der Waals surface area contributed by atoms with E-state index < -0.39 is 6.10 Å². The topological polar surface area (TPSA) is 44.8 Å². The Hall–Kier alpha value is -2.53. The van der Waals surface area contributed by atoms with Gasteiger partial charge in [0.15, 0.2) is 6.10 Å². The maximum atomic E-state index is 12.6. The highest BCUT2D eigenvalue weighted by molar-refractivity contribution is 5.94. The van der Waals surface area contributed by atoms with Crippen LogP contribution in [0.1, 0.15) is 25.8 Å². The fraction of sp³-hybridized carbons (Fsp3) is 0.435. The second-order valence-electron chi connectivity index (χ2n) is 7.34. The Labute approximate surface area is 168 Å². The van der Waals surface area contributed by atoms with Gasteiger partial charge in [0.25, 0.3) is 5.91 Å². The molecule has 1 aliphatic heterocycles. The predicted molar refractivity (Wildman–Crippen MR) is 115 cm³/mol. The first-order chi connectivity index (χ1) is 13.6. The van der Waals surface area contributed by atoms with Crippen LogP contribution in [0.3, 0.4) is 0 Å². The van der Waals surface area contributed by atoms with Gasteiger partial charge in [-0.2, -0.15) is 0 Å². The molecule has 5 heteroatoms. The SMILES string of the molecule is CCc1ccc(OC(CC)C(=O)Nc2ccc(N3CCN(C)CC3)cc2)cc1. The quantitative estimate of drug-likeness (QED) is 0.792. The minimum absolute atomic E-state index is 0.116. The molecule has 0 radical (unpaired) electrons. The van der Waals surface area contributed by atoms with Gasteiger partial charge >= 0.3 is 0 Å². The van der Waals surface area contributed by atoms with Crippen molar-refractivity contribution in [3.8, 4) is 5.75 Å².